The number of carbonyl (C=O) groups is 3. The minimum atomic E-state index is -0.388. The maximum Gasteiger partial charge on any atom is 0.325 e. The summed E-state index contributed by atoms with van der Waals surface area (Å²) in [6.45, 7) is 2.53. The summed E-state index contributed by atoms with van der Waals surface area (Å²) >= 11 is 0. The highest BCUT2D eigenvalue weighted by molar-refractivity contribution is 5.86. The van der Waals surface area contributed by atoms with Crippen molar-refractivity contribution < 1.29 is 19.1 Å². The molecule has 1 atom stereocenters. The molecule has 1 saturated carbocycles. The van der Waals surface area contributed by atoms with Crippen molar-refractivity contribution in [2.24, 2.45) is 5.92 Å². The van der Waals surface area contributed by atoms with Gasteiger partial charge in [-0.3, -0.25) is 14.4 Å². The van der Waals surface area contributed by atoms with Crippen LogP contribution in [0.4, 0.5) is 0 Å². The predicted octanol–water partition coefficient (Wildman–Crippen LogP) is 1.97. The summed E-state index contributed by atoms with van der Waals surface area (Å²) in [6.07, 6.45) is 7.91. The van der Waals surface area contributed by atoms with Crippen molar-refractivity contribution in [3.8, 4) is 0 Å². The first-order valence-corrected chi connectivity index (χ1v) is 9.23. The number of ether oxygens (including phenoxy) is 1. The van der Waals surface area contributed by atoms with Crippen LogP contribution >= 0.6 is 0 Å². The molecule has 0 unspecified atom stereocenters. The Morgan fingerprint density at radius 2 is 1.83 bits per heavy atom. The van der Waals surface area contributed by atoms with E-state index in [1.807, 2.05) is 4.90 Å². The third-order valence-electron chi connectivity index (χ3n) is 5.11. The first kappa shape index (κ1) is 18.7. The van der Waals surface area contributed by atoms with Gasteiger partial charge < -0.3 is 14.5 Å². The van der Waals surface area contributed by atoms with E-state index in [1.165, 1.54) is 17.7 Å². The fourth-order valence-corrected chi connectivity index (χ4v) is 3.79. The summed E-state index contributed by atoms with van der Waals surface area (Å²) < 4.78 is 4.90. The van der Waals surface area contributed by atoms with Crippen molar-refractivity contribution in [3.63, 3.8) is 0 Å². The molecule has 1 heterocycles. The number of likely N-dealkylation sites (tertiary alicyclic amines) is 1. The largest absolute Gasteiger partial charge is 0.465 e. The first-order chi connectivity index (χ1) is 11.5. The molecule has 2 rings (SSSR count). The molecule has 0 spiro atoms. The Morgan fingerprint density at radius 3 is 2.46 bits per heavy atom. The molecule has 6 nitrogen and oxygen atoms in total. The highest BCUT2D eigenvalue weighted by Crippen LogP contribution is 2.28. The molecule has 2 fully saturated rings. The summed E-state index contributed by atoms with van der Waals surface area (Å²) in [5.74, 6) is -0.473. The molecule has 1 saturated heterocycles. The number of likely N-dealkylation sites (N-methyl/N-ethyl adjacent to an activating group) is 1. The van der Waals surface area contributed by atoms with Crippen molar-refractivity contribution in [3.05, 3.63) is 0 Å². The fraction of sp³-hybridized carbons (Fsp3) is 0.833. The Morgan fingerprint density at radius 1 is 1.17 bits per heavy atom. The number of nitrogens with zero attached hydrogens (tertiary/aromatic N) is 2. The number of esters is 1. The maximum atomic E-state index is 12.6. The molecule has 136 valence electrons. The van der Waals surface area contributed by atoms with Gasteiger partial charge in [-0.05, 0) is 26.2 Å². The molecule has 0 aromatic carbocycles. The Balaban J connectivity index is 1.94. The zero-order chi connectivity index (χ0) is 17.5. The number of carbonyl (C=O) groups excluding carboxylic acids is 3. The summed E-state index contributed by atoms with van der Waals surface area (Å²) in [7, 11) is 1.63. The minimum absolute atomic E-state index is 0.0272. The van der Waals surface area contributed by atoms with Gasteiger partial charge in [-0.1, -0.05) is 25.7 Å². The van der Waals surface area contributed by atoms with Gasteiger partial charge in [-0.15, -0.1) is 0 Å². The Kier molecular flexibility index (Phi) is 7.06. The average Bonchev–Trinajstić information content (AvgIpc) is 2.84. The second-order valence-electron chi connectivity index (χ2n) is 6.93. The number of amides is 2. The zero-order valence-corrected chi connectivity index (χ0v) is 15.0. The van der Waals surface area contributed by atoms with E-state index >= 15 is 0 Å². The van der Waals surface area contributed by atoms with E-state index in [4.69, 9.17) is 4.74 Å². The van der Waals surface area contributed by atoms with Crippen LogP contribution in [0.5, 0.6) is 0 Å². The molecule has 0 aromatic rings. The van der Waals surface area contributed by atoms with Gasteiger partial charge in [0.1, 0.15) is 6.54 Å². The van der Waals surface area contributed by atoms with Crippen molar-refractivity contribution in [1.29, 1.82) is 0 Å². The van der Waals surface area contributed by atoms with Gasteiger partial charge in [0, 0.05) is 26.1 Å². The molecule has 2 aliphatic rings. The van der Waals surface area contributed by atoms with Gasteiger partial charge in [-0.2, -0.15) is 0 Å². The standard InChI is InChI=1S/C18H30N2O4/c1-3-24-17(22)13-19(2)18(23)14-10-11-16(21)20(12-14)15-8-6-4-5-7-9-15/h14-15H,3-13H2,1-2H3/t14-/m1/s1. The SMILES string of the molecule is CCOC(=O)CN(C)C(=O)[C@@H]1CCC(=O)N(C2CCCCCC2)C1. The van der Waals surface area contributed by atoms with Crippen molar-refractivity contribution in [2.75, 3.05) is 26.7 Å². The molecule has 2 amide bonds. The van der Waals surface area contributed by atoms with Crippen LogP contribution in [0.3, 0.4) is 0 Å². The van der Waals surface area contributed by atoms with E-state index in [0.29, 0.717) is 26.0 Å². The van der Waals surface area contributed by atoms with Crippen molar-refractivity contribution >= 4 is 17.8 Å². The van der Waals surface area contributed by atoms with Gasteiger partial charge in [0.2, 0.25) is 11.8 Å². The van der Waals surface area contributed by atoms with Gasteiger partial charge in [0.25, 0.3) is 0 Å². The molecular weight excluding hydrogens is 308 g/mol. The Hall–Kier alpha value is -1.59. The summed E-state index contributed by atoms with van der Waals surface area (Å²) in [6, 6.07) is 0.283. The van der Waals surface area contributed by atoms with Crippen LogP contribution in [-0.2, 0) is 19.1 Å². The molecule has 0 aromatic heterocycles. The second kappa shape index (κ2) is 9.04. The molecule has 0 radical (unpaired) electrons. The predicted molar refractivity (Wildman–Crippen MR) is 90.2 cm³/mol. The van der Waals surface area contributed by atoms with Crippen molar-refractivity contribution in [2.45, 2.75) is 64.3 Å². The lowest BCUT2D eigenvalue weighted by atomic mass is 9.93. The molecule has 0 N–H and O–H groups in total. The molecule has 1 aliphatic carbocycles. The van der Waals surface area contributed by atoms with Gasteiger partial charge in [0.15, 0.2) is 0 Å². The number of piperidine rings is 1. The Bertz CT molecular complexity index is 458. The lowest BCUT2D eigenvalue weighted by Gasteiger charge is -2.38. The highest BCUT2D eigenvalue weighted by atomic mass is 16.5. The molecule has 6 heteroatoms. The molecular formula is C18H30N2O4. The van der Waals surface area contributed by atoms with E-state index in [1.54, 1.807) is 14.0 Å². The average molecular weight is 338 g/mol. The van der Waals surface area contributed by atoms with Crippen molar-refractivity contribution in [1.82, 2.24) is 9.80 Å². The van der Waals surface area contributed by atoms with Gasteiger partial charge in [-0.25, -0.2) is 0 Å². The highest BCUT2D eigenvalue weighted by Gasteiger charge is 2.35. The minimum Gasteiger partial charge on any atom is -0.465 e. The van der Waals surface area contributed by atoms with E-state index in [-0.39, 0.29) is 36.3 Å². The lowest BCUT2D eigenvalue weighted by Crippen LogP contribution is -2.50. The normalized spacial score (nSPS) is 22.8. The number of hydrogen-bond acceptors (Lipinski definition) is 4. The fourth-order valence-electron chi connectivity index (χ4n) is 3.79. The van der Waals surface area contributed by atoms with E-state index in [0.717, 1.165) is 25.7 Å². The summed E-state index contributed by atoms with van der Waals surface area (Å²) in [5, 5.41) is 0. The summed E-state index contributed by atoms with van der Waals surface area (Å²) in [4.78, 5) is 39.9. The summed E-state index contributed by atoms with van der Waals surface area (Å²) in [5.41, 5.74) is 0. The monoisotopic (exact) mass is 338 g/mol. The number of rotatable bonds is 5. The molecule has 24 heavy (non-hydrogen) atoms. The van der Waals surface area contributed by atoms with Crippen LogP contribution in [0.1, 0.15) is 58.3 Å². The number of hydrogen-bond donors (Lipinski definition) is 0. The quantitative estimate of drug-likeness (QED) is 0.568. The van der Waals surface area contributed by atoms with Crippen LogP contribution in [0.2, 0.25) is 0 Å². The van der Waals surface area contributed by atoms with E-state index in [9.17, 15) is 14.4 Å². The van der Waals surface area contributed by atoms with E-state index < -0.39 is 0 Å². The zero-order valence-electron chi connectivity index (χ0n) is 15.0. The molecule has 1 aliphatic heterocycles. The first-order valence-electron chi connectivity index (χ1n) is 9.23. The molecule has 0 bridgehead atoms. The topological polar surface area (TPSA) is 66.9 Å². The Labute approximate surface area is 144 Å². The van der Waals surface area contributed by atoms with Gasteiger partial charge in [0.05, 0.1) is 12.5 Å². The van der Waals surface area contributed by atoms with Crippen LogP contribution < -0.4 is 0 Å². The lowest BCUT2D eigenvalue weighted by molar-refractivity contribution is -0.152. The third kappa shape index (κ3) is 4.95. The van der Waals surface area contributed by atoms with Crippen LogP contribution in [-0.4, -0.2) is 60.4 Å². The van der Waals surface area contributed by atoms with E-state index in [2.05, 4.69) is 0 Å². The third-order valence-corrected chi connectivity index (χ3v) is 5.11. The van der Waals surface area contributed by atoms with Crippen LogP contribution in [0.25, 0.3) is 0 Å². The maximum absolute atomic E-state index is 12.6. The smallest absolute Gasteiger partial charge is 0.325 e. The second-order valence-corrected chi connectivity index (χ2v) is 6.93. The van der Waals surface area contributed by atoms with Crippen LogP contribution in [0, 0.1) is 5.92 Å². The van der Waals surface area contributed by atoms with Crippen LogP contribution in [0.15, 0.2) is 0 Å². The van der Waals surface area contributed by atoms with Gasteiger partial charge >= 0.3 is 5.97 Å².